The molecule has 4 rings (SSSR count). The first kappa shape index (κ1) is 16.0. The second-order valence-corrected chi connectivity index (χ2v) is 7.02. The molecule has 3 atom stereocenters. The Hall–Kier alpha value is -2.48. The number of aromatic nitrogens is 5. The predicted molar refractivity (Wildman–Crippen MR) is 90.7 cm³/mol. The lowest BCUT2D eigenvalue weighted by Gasteiger charge is -2.34. The molecular weight excluding hydrogens is 342 g/mol. The molecule has 0 aromatic carbocycles. The van der Waals surface area contributed by atoms with E-state index in [9.17, 15) is 14.0 Å². The quantitative estimate of drug-likeness (QED) is 0.667. The molecule has 0 spiro atoms. The van der Waals surface area contributed by atoms with Crippen molar-refractivity contribution in [1.29, 1.82) is 5.26 Å². The fourth-order valence-corrected chi connectivity index (χ4v) is 4.02. The number of nitrogens with one attached hydrogen (secondary N) is 1. The minimum absolute atomic E-state index is 0.0478. The number of nitrogens with zero attached hydrogens (tertiary/aromatic N) is 6. The van der Waals surface area contributed by atoms with Crippen molar-refractivity contribution in [3.05, 3.63) is 24.2 Å². The van der Waals surface area contributed by atoms with E-state index < -0.39 is 16.5 Å². The Kier molecular flexibility index (Phi) is 4.12. The smallest absolute Gasteiger partial charge is 0.200 e. The van der Waals surface area contributed by atoms with Crippen LogP contribution >= 0.6 is 0 Å². The third-order valence-corrected chi connectivity index (χ3v) is 5.38. The van der Waals surface area contributed by atoms with Crippen LogP contribution in [-0.2, 0) is 11.1 Å². The number of hydrogen-bond donors (Lipinski definition) is 2. The van der Waals surface area contributed by atoms with E-state index in [0.29, 0.717) is 24.3 Å². The number of piperidine rings is 1. The molecule has 25 heavy (non-hydrogen) atoms. The standard InChI is InChI=1S/C15H15N7O2S/c16-6-12(25(23)24)22-5-1-2-9(8-22)14-13-10-3-4-17-15(10)21-19-11(13)7-18-20-14/h3-4,7,9,12,20H,1-2,5,8H2,(H,23,24). The SMILES string of the molecule is N#CC(N1CCCC(c2[nH]ncc3nnc4nccc4c23)C1)S(=O)O. The molecule has 0 aliphatic carbocycles. The molecule has 3 aromatic heterocycles. The normalized spacial score (nSPS) is 21.2. The second-order valence-electron chi connectivity index (χ2n) is 6.02. The van der Waals surface area contributed by atoms with Crippen molar-refractivity contribution in [3.63, 3.8) is 0 Å². The molecular formula is C15H15N7O2S. The van der Waals surface area contributed by atoms with Gasteiger partial charge in [0.25, 0.3) is 0 Å². The van der Waals surface area contributed by atoms with E-state index in [-0.39, 0.29) is 5.92 Å². The highest BCUT2D eigenvalue weighted by atomic mass is 32.2. The zero-order valence-corrected chi connectivity index (χ0v) is 14.0. The summed E-state index contributed by atoms with van der Waals surface area (Å²) in [4.78, 5) is 5.96. The maximum absolute atomic E-state index is 11.4. The van der Waals surface area contributed by atoms with Crippen LogP contribution in [0.15, 0.2) is 18.5 Å². The molecule has 0 saturated carbocycles. The van der Waals surface area contributed by atoms with Gasteiger partial charge in [-0.1, -0.05) is 0 Å². The van der Waals surface area contributed by atoms with E-state index in [4.69, 9.17) is 0 Å². The summed E-state index contributed by atoms with van der Waals surface area (Å²) in [6, 6.07) is 3.82. The number of fused-ring (bicyclic) bond motifs is 3. The average Bonchev–Trinajstić information content (AvgIpc) is 3.11. The summed E-state index contributed by atoms with van der Waals surface area (Å²) in [7, 11) is 0. The lowest BCUT2D eigenvalue weighted by atomic mass is 9.92. The van der Waals surface area contributed by atoms with Gasteiger partial charge in [0.1, 0.15) is 5.52 Å². The van der Waals surface area contributed by atoms with E-state index >= 15 is 0 Å². The molecule has 1 aliphatic heterocycles. The average molecular weight is 357 g/mol. The van der Waals surface area contributed by atoms with Crippen LogP contribution in [0.5, 0.6) is 0 Å². The number of hydrogen-bond acceptors (Lipinski definition) is 7. The molecule has 4 heterocycles. The molecule has 0 amide bonds. The maximum atomic E-state index is 11.4. The predicted octanol–water partition coefficient (Wildman–Crippen LogP) is 1.15. The number of likely N-dealkylation sites (tertiary alicyclic amines) is 1. The van der Waals surface area contributed by atoms with Crippen LogP contribution in [0.2, 0.25) is 0 Å². The number of rotatable bonds is 3. The van der Waals surface area contributed by atoms with Crippen LogP contribution in [0.25, 0.3) is 21.9 Å². The van der Waals surface area contributed by atoms with Gasteiger partial charge in [-0.15, -0.1) is 10.2 Å². The molecule has 128 valence electrons. The zero-order chi connectivity index (χ0) is 17.4. The Labute approximate surface area is 145 Å². The highest BCUT2D eigenvalue weighted by Crippen LogP contribution is 2.33. The molecule has 2 N–H and O–H groups in total. The lowest BCUT2D eigenvalue weighted by molar-refractivity contribution is 0.208. The van der Waals surface area contributed by atoms with Crippen molar-refractivity contribution in [2.45, 2.75) is 24.1 Å². The summed E-state index contributed by atoms with van der Waals surface area (Å²) in [6.45, 7) is 1.12. The summed E-state index contributed by atoms with van der Waals surface area (Å²) in [6.07, 6.45) is 5.03. The van der Waals surface area contributed by atoms with Gasteiger partial charge in [-0.2, -0.15) is 10.4 Å². The first-order valence-electron chi connectivity index (χ1n) is 7.86. The highest BCUT2D eigenvalue weighted by Gasteiger charge is 2.31. The Morgan fingerprint density at radius 3 is 3.16 bits per heavy atom. The van der Waals surface area contributed by atoms with Crippen LogP contribution in [0.4, 0.5) is 0 Å². The third kappa shape index (κ3) is 2.76. The molecule has 1 fully saturated rings. The molecule has 10 heteroatoms. The van der Waals surface area contributed by atoms with Gasteiger partial charge in [-0.3, -0.25) is 10.00 Å². The van der Waals surface area contributed by atoms with Gasteiger partial charge in [0, 0.05) is 41.7 Å². The van der Waals surface area contributed by atoms with E-state index in [0.717, 1.165) is 29.3 Å². The van der Waals surface area contributed by atoms with E-state index in [1.807, 2.05) is 12.1 Å². The van der Waals surface area contributed by atoms with Gasteiger partial charge in [-0.05, 0) is 18.9 Å². The zero-order valence-electron chi connectivity index (χ0n) is 13.2. The van der Waals surface area contributed by atoms with Crippen molar-refractivity contribution >= 4 is 33.0 Å². The molecule has 3 unspecified atom stereocenters. The first-order valence-corrected chi connectivity index (χ1v) is 9.03. The number of nitriles is 1. The van der Waals surface area contributed by atoms with Crippen molar-refractivity contribution < 1.29 is 8.76 Å². The Morgan fingerprint density at radius 2 is 2.36 bits per heavy atom. The Balaban J connectivity index is 1.78. The van der Waals surface area contributed by atoms with Gasteiger partial charge in [0.05, 0.1) is 12.3 Å². The maximum Gasteiger partial charge on any atom is 0.200 e. The van der Waals surface area contributed by atoms with Crippen LogP contribution in [0.1, 0.15) is 24.5 Å². The van der Waals surface area contributed by atoms with Crippen molar-refractivity contribution in [2.24, 2.45) is 0 Å². The minimum Gasteiger partial charge on any atom is -0.304 e. The van der Waals surface area contributed by atoms with E-state index in [1.54, 1.807) is 17.3 Å². The van der Waals surface area contributed by atoms with Crippen LogP contribution in [0, 0.1) is 11.3 Å². The van der Waals surface area contributed by atoms with Crippen LogP contribution < -0.4 is 0 Å². The summed E-state index contributed by atoms with van der Waals surface area (Å²) in [5, 5.41) is 25.5. The number of H-pyrrole nitrogens is 1. The van der Waals surface area contributed by atoms with E-state index in [1.165, 1.54) is 0 Å². The Morgan fingerprint density at radius 1 is 1.48 bits per heavy atom. The topological polar surface area (TPSA) is 132 Å². The summed E-state index contributed by atoms with van der Waals surface area (Å²) < 4.78 is 20.8. The largest absolute Gasteiger partial charge is 0.304 e. The monoisotopic (exact) mass is 357 g/mol. The molecule has 3 aromatic rings. The molecule has 1 saturated heterocycles. The molecule has 0 bridgehead atoms. The minimum atomic E-state index is -2.21. The summed E-state index contributed by atoms with van der Waals surface area (Å²) >= 11 is -2.21. The van der Waals surface area contributed by atoms with Crippen molar-refractivity contribution in [1.82, 2.24) is 30.3 Å². The Bertz CT molecular complexity index is 998. The lowest BCUT2D eigenvalue weighted by Crippen LogP contribution is -2.43. The second kappa shape index (κ2) is 6.44. The van der Waals surface area contributed by atoms with Gasteiger partial charge >= 0.3 is 0 Å². The van der Waals surface area contributed by atoms with Gasteiger partial charge in [-0.25, -0.2) is 9.19 Å². The first-order chi connectivity index (χ1) is 12.2. The van der Waals surface area contributed by atoms with E-state index in [2.05, 4.69) is 25.4 Å². The summed E-state index contributed by atoms with van der Waals surface area (Å²) in [5.41, 5.74) is 2.15. The van der Waals surface area contributed by atoms with Crippen molar-refractivity contribution in [2.75, 3.05) is 13.1 Å². The van der Waals surface area contributed by atoms with Gasteiger partial charge in [0.2, 0.25) is 0 Å². The van der Waals surface area contributed by atoms with Gasteiger partial charge < -0.3 is 4.55 Å². The van der Waals surface area contributed by atoms with Crippen molar-refractivity contribution in [3.8, 4) is 6.07 Å². The fourth-order valence-electron chi connectivity index (χ4n) is 3.49. The third-order valence-electron chi connectivity index (χ3n) is 4.59. The molecule has 0 radical (unpaired) electrons. The number of aromatic amines is 1. The van der Waals surface area contributed by atoms with Crippen LogP contribution in [-0.4, -0.2) is 57.5 Å². The molecule has 1 aliphatic rings. The highest BCUT2D eigenvalue weighted by molar-refractivity contribution is 7.80. The fraction of sp³-hybridized carbons (Fsp3) is 0.400. The summed E-state index contributed by atoms with van der Waals surface area (Å²) in [5.74, 6) is 0.0478. The van der Waals surface area contributed by atoms with Gasteiger partial charge in [0.15, 0.2) is 22.1 Å². The molecule has 9 nitrogen and oxygen atoms in total. The van der Waals surface area contributed by atoms with Crippen LogP contribution in [0.3, 0.4) is 0 Å².